The van der Waals surface area contributed by atoms with E-state index in [9.17, 15) is 9.59 Å². The summed E-state index contributed by atoms with van der Waals surface area (Å²) in [7, 11) is 0. The molecule has 2 amide bonds. The van der Waals surface area contributed by atoms with Gasteiger partial charge in [-0.3, -0.25) is 14.6 Å². The molecule has 1 aliphatic rings. The number of amides is 2. The van der Waals surface area contributed by atoms with E-state index in [-0.39, 0.29) is 29.6 Å². The van der Waals surface area contributed by atoms with Gasteiger partial charge in [-0.25, -0.2) is 0 Å². The van der Waals surface area contributed by atoms with Crippen LogP contribution in [0.4, 0.5) is 0 Å². The Morgan fingerprint density at radius 3 is 2.50 bits per heavy atom. The molecule has 0 bridgehead atoms. The fraction of sp³-hybridized carbons (Fsp3) is 0.381. The minimum absolute atomic E-state index is 0.134. The van der Waals surface area contributed by atoms with Crippen LogP contribution in [-0.4, -0.2) is 22.8 Å². The molecule has 1 heterocycles. The lowest BCUT2D eigenvalue weighted by Gasteiger charge is -2.22. The molecule has 26 heavy (non-hydrogen) atoms. The SMILES string of the molecule is CC(NC(=O)c1cc(C(=O)NC2CCCCC2)ccn1)c1ccccc1. The highest BCUT2D eigenvalue weighted by Gasteiger charge is 2.18. The van der Waals surface area contributed by atoms with E-state index >= 15 is 0 Å². The van der Waals surface area contributed by atoms with Gasteiger partial charge in [-0.05, 0) is 37.5 Å². The molecule has 5 nitrogen and oxygen atoms in total. The van der Waals surface area contributed by atoms with Gasteiger partial charge >= 0.3 is 0 Å². The molecule has 1 unspecified atom stereocenters. The van der Waals surface area contributed by atoms with E-state index in [0.29, 0.717) is 5.56 Å². The Balaban J connectivity index is 1.64. The molecule has 0 saturated heterocycles. The molecule has 1 aromatic carbocycles. The molecular weight excluding hydrogens is 326 g/mol. The summed E-state index contributed by atoms with van der Waals surface area (Å²) in [4.78, 5) is 29.1. The van der Waals surface area contributed by atoms with Crippen molar-refractivity contribution in [2.75, 3.05) is 0 Å². The maximum atomic E-state index is 12.5. The van der Waals surface area contributed by atoms with Crippen molar-refractivity contribution in [1.82, 2.24) is 15.6 Å². The number of carbonyl (C=O) groups excluding carboxylic acids is 2. The zero-order chi connectivity index (χ0) is 18.4. The van der Waals surface area contributed by atoms with Crippen LogP contribution in [0.5, 0.6) is 0 Å². The topological polar surface area (TPSA) is 71.1 Å². The molecule has 1 saturated carbocycles. The minimum Gasteiger partial charge on any atom is -0.349 e. The normalized spacial score (nSPS) is 15.9. The molecule has 0 radical (unpaired) electrons. The number of hydrogen-bond donors (Lipinski definition) is 2. The zero-order valence-corrected chi connectivity index (χ0v) is 15.1. The number of carbonyl (C=O) groups is 2. The fourth-order valence-corrected chi connectivity index (χ4v) is 3.31. The first-order valence-electron chi connectivity index (χ1n) is 9.26. The van der Waals surface area contributed by atoms with E-state index < -0.39 is 0 Å². The lowest BCUT2D eigenvalue weighted by Crippen LogP contribution is -2.36. The Bertz CT molecular complexity index is 755. The summed E-state index contributed by atoms with van der Waals surface area (Å²) in [6.07, 6.45) is 7.12. The Kier molecular flexibility index (Phi) is 6.00. The monoisotopic (exact) mass is 351 g/mol. The van der Waals surface area contributed by atoms with Crippen LogP contribution in [0.2, 0.25) is 0 Å². The van der Waals surface area contributed by atoms with Crippen molar-refractivity contribution in [3.8, 4) is 0 Å². The van der Waals surface area contributed by atoms with Gasteiger partial charge in [-0.1, -0.05) is 49.6 Å². The van der Waals surface area contributed by atoms with Crippen LogP contribution in [0.3, 0.4) is 0 Å². The number of nitrogens with one attached hydrogen (secondary N) is 2. The lowest BCUT2D eigenvalue weighted by atomic mass is 9.95. The van der Waals surface area contributed by atoms with Gasteiger partial charge < -0.3 is 10.6 Å². The molecule has 1 aromatic heterocycles. The Morgan fingerprint density at radius 2 is 1.77 bits per heavy atom. The zero-order valence-electron chi connectivity index (χ0n) is 15.1. The third kappa shape index (κ3) is 4.69. The molecule has 2 N–H and O–H groups in total. The fourth-order valence-electron chi connectivity index (χ4n) is 3.31. The van der Waals surface area contributed by atoms with E-state index in [1.807, 2.05) is 37.3 Å². The van der Waals surface area contributed by atoms with Crippen LogP contribution in [0, 0.1) is 0 Å². The maximum Gasteiger partial charge on any atom is 0.270 e. The summed E-state index contributed by atoms with van der Waals surface area (Å²) < 4.78 is 0. The summed E-state index contributed by atoms with van der Waals surface area (Å²) in [5.74, 6) is -0.418. The van der Waals surface area contributed by atoms with Gasteiger partial charge in [0.25, 0.3) is 11.8 Å². The van der Waals surface area contributed by atoms with Crippen molar-refractivity contribution < 1.29 is 9.59 Å². The molecule has 1 aliphatic carbocycles. The highest BCUT2D eigenvalue weighted by molar-refractivity contribution is 5.98. The maximum absolute atomic E-state index is 12.5. The Morgan fingerprint density at radius 1 is 1.04 bits per heavy atom. The van der Waals surface area contributed by atoms with Gasteiger partial charge in [0.2, 0.25) is 0 Å². The van der Waals surface area contributed by atoms with Crippen LogP contribution in [-0.2, 0) is 0 Å². The largest absolute Gasteiger partial charge is 0.349 e. The van der Waals surface area contributed by atoms with Gasteiger partial charge in [0, 0.05) is 17.8 Å². The second kappa shape index (κ2) is 8.61. The molecule has 0 aliphatic heterocycles. The van der Waals surface area contributed by atoms with Crippen molar-refractivity contribution >= 4 is 11.8 Å². The van der Waals surface area contributed by atoms with E-state index in [1.165, 1.54) is 12.6 Å². The van der Waals surface area contributed by atoms with Crippen molar-refractivity contribution in [2.24, 2.45) is 0 Å². The van der Waals surface area contributed by atoms with E-state index in [1.54, 1.807) is 12.1 Å². The predicted octanol–water partition coefficient (Wildman–Crippen LogP) is 3.64. The predicted molar refractivity (Wildman–Crippen MR) is 101 cm³/mol. The first kappa shape index (κ1) is 18.1. The van der Waals surface area contributed by atoms with Crippen molar-refractivity contribution in [3.63, 3.8) is 0 Å². The van der Waals surface area contributed by atoms with Gasteiger partial charge in [0.1, 0.15) is 5.69 Å². The summed E-state index contributed by atoms with van der Waals surface area (Å²) in [6.45, 7) is 1.92. The third-order valence-corrected chi connectivity index (χ3v) is 4.84. The average Bonchev–Trinajstić information content (AvgIpc) is 2.69. The van der Waals surface area contributed by atoms with Crippen LogP contribution in [0.1, 0.15) is 71.5 Å². The number of benzene rings is 1. The first-order chi connectivity index (χ1) is 12.6. The number of nitrogens with zero attached hydrogens (tertiary/aromatic N) is 1. The molecule has 136 valence electrons. The molecule has 1 fully saturated rings. The second-order valence-corrected chi connectivity index (χ2v) is 6.84. The summed E-state index contributed by atoms with van der Waals surface area (Å²) >= 11 is 0. The van der Waals surface area contributed by atoms with Crippen LogP contribution < -0.4 is 10.6 Å². The number of aromatic nitrogens is 1. The van der Waals surface area contributed by atoms with Crippen LogP contribution in [0.25, 0.3) is 0 Å². The molecule has 0 spiro atoms. The molecule has 3 rings (SSSR count). The van der Waals surface area contributed by atoms with Gasteiger partial charge in [0.05, 0.1) is 6.04 Å². The Labute approximate surface area is 154 Å². The van der Waals surface area contributed by atoms with Gasteiger partial charge in [0.15, 0.2) is 0 Å². The summed E-state index contributed by atoms with van der Waals surface area (Å²) in [5, 5.41) is 6.00. The lowest BCUT2D eigenvalue weighted by molar-refractivity contribution is 0.0927. The van der Waals surface area contributed by atoms with Crippen LogP contribution in [0.15, 0.2) is 48.7 Å². The quantitative estimate of drug-likeness (QED) is 0.864. The highest BCUT2D eigenvalue weighted by atomic mass is 16.2. The van der Waals surface area contributed by atoms with Crippen LogP contribution >= 0.6 is 0 Å². The molecule has 2 aromatic rings. The third-order valence-electron chi connectivity index (χ3n) is 4.84. The summed E-state index contributed by atoms with van der Waals surface area (Å²) in [5.41, 5.74) is 1.75. The van der Waals surface area contributed by atoms with E-state index in [2.05, 4.69) is 15.6 Å². The van der Waals surface area contributed by atoms with Crippen molar-refractivity contribution in [1.29, 1.82) is 0 Å². The smallest absolute Gasteiger partial charge is 0.270 e. The average molecular weight is 351 g/mol. The van der Waals surface area contributed by atoms with Crippen molar-refractivity contribution in [3.05, 3.63) is 65.5 Å². The highest BCUT2D eigenvalue weighted by Crippen LogP contribution is 2.18. The van der Waals surface area contributed by atoms with E-state index in [4.69, 9.17) is 0 Å². The second-order valence-electron chi connectivity index (χ2n) is 6.84. The van der Waals surface area contributed by atoms with E-state index in [0.717, 1.165) is 31.2 Å². The Hall–Kier alpha value is -2.69. The summed E-state index contributed by atoms with van der Waals surface area (Å²) in [6, 6.07) is 13.1. The van der Waals surface area contributed by atoms with Crippen molar-refractivity contribution in [2.45, 2.75) is 51.1 Å². The molecule has 1 atom stereocenters. The first-order valence-corrected chi connectivity index (χ1v) is 9.26. The minimum atomic E-state index is -0.284. The number of hydrogen-bond acceptors (Lipinski definition) is 3. The van der Waals surface area contributed by atoms with Gasteiger partial charge in [-0.2, -0.15) is 0 Å². The standard InChI is InChI=1S/C21H25N3O2/c1-15(16-8-4-2-5-9-16)23-21(26)19-14-17(12-13-22-19)20(25)24-18-10-6-3-7-11-18/h2,4-5,8-9,12-15,18H,3,6-7,10-11H2,1H3,(H,23,26)(H,24,25). The van der Waals surface area contributed by atoms with Gasteiger partial charge in [-0.15, -0.1) is 0 Å². The number of pyridine rings is 1. The molecule has 5 heteroatoms. The molecular formula is C21H25N3O2. The number of rotatable bonds is 5.